The average Bonchev–Trinajstić information content (AvgIpc) is 2.86. The minimum absolute atomic E-state index is 0.661. The molecule has 5 nitrogen and oxygen atoms in total. The van der Waals surface area contributed by atoms with Gasteiger partial charge in [-0.15, -0.1) is 10.2 Å². The van der Waals surface area contributed by atoms with Crippen LogP contribution in [-0.2, 0) is 6.54 Å². The van der Waals surface area contributed by atoms with Crippen molar-refractivity contribution in [3.63, 3.8) is 0 Å². The maximum absolute atomic E-state index is 5.45. The van der Waals surface area contributed by atoms with E-state index >= 15 is 0 Å². The summed E-state index contributed by atoms with van der Waals surface area (Å²) in [5, 5.41) is 7.96. The lowest BCUT2D eigenvalue weighted by atomic mass is 10.1. The zero-order chi connectivity index (χ0) is 13.1. The average molecular weight is 282 g/mol. The van der Waals surface area contributed by atoms with Crippen LogP contribution in [0.25, 0.3) is 0 Å². The molecular weight excluding hydrogens is 260 g/mol. The fraction of sp³-hybridized carbons (Fsp3) is 0.846. The molecule has 3 heterocycles. The number of aryl methyl sites for hydroxylation is 1. The first-order valence-electron chi connectivity index (χ1n) is 7.14. The molecule has 106 valence electrons. The Kier molecular flexibility index (Phi) is 4.40. The van der Waals surface area contributed by atoms with Crippen LogP contribution in [0.1, 0.15) is 24.6 Å². The minimum atomic E-state index is 0.661. The molecule has 6 heteroatoms. The molecule has 0 aromatic carbocycles. The summed E-state index contributed by atoms with van der Waals surface area (Å²) in [7, 11) is 0. The highest BCUT2D eigenvalue weighted by Crippen LogP contribution is 2.22. The molecular formula is C13H22N4OS. The molecule has 0 N–H and O–H groups in total. The highest BCUT2D eigenvalue weighted by Gasteiger charge is 2.25. The summed E-state index contributed by atoms with van der Waals surface area (Å²) in [6, 6.07) is 0.828. The Morgan fingerprint density at radius 2 is 1.89 bits per heavy atom. The van der Waals surface area contributed by atoms with Gasteiger partial charge in [0.2, 0.25) is 11.8 Å². The summed E-state index contributed by atoms with van der Waals surface area (Å²) in [4.78, 5) is 5.09. The number of piperazine rings is 1. The van der Waals surface area contributed by atoms with E-state index in [1.165, 1.54) is 37.4 Å². The van der Waals surface area contributed by atoms with Gasteiger partial charge in [-0.3, -0.25) is 9.80 Å². The van der Waals surface area contributed by atoms with Crippen molar-refractivity contribution in [2.45, 2.75) is 32.4 Å². The smallest absolute Gasteiger partial charge is 0.230 e. The predicted octanol–water partition coefficient (Wildman–Crippen LogP) is 1.39. The first-order chi connectivity index (χ1) is 9.31. The first-order valence-corrected chi connectivity index (χ1v) is 8.30. The van der Waals surface area contributed by atoms with Crippen LogP contribution in [0.4, 0.5) is 0 Å². The second kappa shape index (κ2) is 6.24. The third-order valence-corrected chi connectivity index (χ3v) is 5.09. The largest absolute Gasteiger partial charge is 0.424 e. The molecule has 19 heavy (non-hydrogen) atoms. The Labute approximate surface area is 118 Å². The number of aromatic nitrogens is 2. The number of nitrogens with zero attached hydrogens (tertiary/aromatic N) is 4. The summed E-state index contributed by atoms with van der Waals surface area (Å²) >= 11 is 2.10. The number of hydrogen-bond acceptors (Lipinski definition) is 6. The third-order valence-electron chi connectivity index (χ3n) is 4.04. The number of hydrogen-bond donors (Lipinski definition) is 0. The topological polar surface area (TPSA) is 45.4 Å². The van der Waals surface area contributed by atoms with Crippen LogP contribution in [0.5, 0.6) is 0 Å². The van der Waals surface area contributed by atoms with Gasteiger partial charge in [-0.05, 0) is 24.3 Å². The lowest BCUT2D eigenvalue weighted by Gasteiger charge is -2.40. The summed E-state index contributed by atoms with van der Waals surface area (Å²) in [5.74, 6) is 4.09. The van der Waals surface area contributed by atoms with Crippen LogP contribution >= 0.6 is 11.8 Å². The van der Waals surface area contributed by atoms with E-state index in [1.54, 1.807) is 0 Å². The molecule has 2 saturated heterocycles. The summed E-state index contributed by atoms with van der Waals surface area (Å²) < 4.78 is 5.45. The van der Waals surface area contributed by atoms with Gasteiger partial charge in [-0.1, -0.05) is 0 Å². The van der Waals surface area contributed by atoms with Gasteiger partial charge in [0.1, 0.15) is 0 Å². The standard InChI is InChI=1S/C13H22N4OS/c1-11-14-15-13(18-11)10-16-4-6-17(7-5-16)12-2-8-19-9-3-12/h12H,2-10H2,1H3. The van der Waals surface area contributed by atoms with Crippen molar-refractivity contribution in [2.75, 3.05) is 37.7 Å². The summed E-state index contributed by atoms with van der Waals surface area (Å²) in [6.45, 7) is 7.24. The lowest BCUT2D eigenvalue weighted by Crippen LogP contribution is -2.50. The molecule has 0 atom stereocenters. The van der Waals surface area contributed by atoms with Gasteiger partial charge in [0.05, 0.1) is 6.54 Å². The number of rotatable bonds is 3. The zero-order valence-electron chi connectivity index (χ0n) is 11.5. The highest BCUT2D eigenvalue weighted by atomic mass is 32.2. The molecule has 0 spiro atoms. The van der Waals surface area contributed by atoms with E-state index in [2.05, 4.69) is 31.8 Å². The van der Waals surface area contributed by atoms with Gasteiger partial charge < -0.3 is 4.42 Å². The van der Waals surface area contributed by atoms with Gasteiger partial charge in [0.25, 0.3) is 0 Å². The Hall–Kier alpha value is -0.590. The van der Waals surface area contributed by atoms with E-state index < -0.39 is 0 Å². The molecule has 2 aliphatic heterocycles. The van der Waals surface area contributed by atoms with Crippen LogP contribution in [0.2, 0.25) is 0 Å². The molecule has 0 saturated carbocycles. The Morgan fingerprint density at radius 3 is 2.53 bits per heavy atom. The summed E-state index contributed by atoms with van der Waals surface area (Å²) in [5.41, 5.74) is 0. The van der Waals surface area contributed by atoms with Crippen molar-refractivity contribution in [3.05, 3.63) is 11.8 Å². The molecule has 0 unspecified atom stereocenters. The van der Waals surface area contributed by atoms with Crippen LogP contribution < -0.4 is 0 Å². The van der Waals surface area contributed by atoms with Crippen molar-refractivity contribution < 1.29 is 4.42 Å². The Balaban J connectivity index is 1.46. The third kappa shape index (κ3) is 3.49. The normalized spacial score (nSPS) is 23.8. The summed E-state index contributed by atoms with van der Waals surface area (Å²) in [6.07, 6.45) is 2.74. The van der Waals surface area contributed by atoms with Gasteiger partial charge in [-0.2, -0.15) is 11.8 Å². The van der Waals surface area contributed by atoms with Crippen molar-refractivity contribution in [2.24, 2.45) is 0 Å². The van der Waals surface area contributed by atoms with E-state index in [-0.39, 0.29) is 0 Å². The number of thioether (sulfide) groups is 1. The second-order valence-corrected chi connectivity index (χ2v) is 6.60. The molecule has 1 aromatic rings. The maximum Gasteiger partial charge on any atom is 0.230 e. The fourth-order valence-electron chi connectivity index (χ4n) is 2.93. The molecule has 2 aliphatic rings. The Bertz CT molecular complexity index is 397. The molecule has 0 aliphatic carbocycles. The Morgan fingerprint density at radius 1 is 1.16 bits per heavy atom. The predicted molar refractivity (Wildman–Crippen MR) is 76.2 cm³/mol. The monoisotopic (exact) mass is 282 g/mol. The van der Waals surface area contributed by atoms with Gasteiger partial charge >= 0.3 is 0 Å². The van der Waals surface area contributed by atoms with Gasteiger partial charge in [-0.25, -0.2) is 0 Å². The van der Waals surface area contributed by atoms with E-state index in [9.17, 15) is 0 Å². The molecule has 1 aromatic heterocycles. The van der Waals surface area contributed by atoms with Crippen molar-refractivity contribution in [1.29, 1.82) is 0 Å². The zero-order valence-corrected chi connectivity index (χ0v) is 12.4. The minimum Gasteiger partial charge on any atom is -0.424 e. The van der Waals surface area contributed by atoms with Gasteiger partial charge in [0.15, 0.2) is 0 Å². The SMILES string of the molecule is Cc1nnc(CN2CCN(C3CCSCC3)CC2)o1. The molecule has 2 fully saturated rings. The highest BCUT2D eigenvalue weighted by molar-refractivity contribution is 7.99. The van der Waals surface area contributed by atoms with Crippen LogP contribution in [0, 0.1) is 6.92 Å². The quantitative estimate of drug-likeness (QED) is 0.835. The molecule has 3 rings (SSSR count). The van der Waals surface area contributed by atoms with Crippen LogP contribution in [0.3, 0.4) is 0 Å². The maximum atomic E-state index is 5.45. The van der Waals surface area contributed by atoms with Crippen LogP contribution in [0.15, 0.2) is 4.42 Å². The van der Waals surface area contributed by atoms with Gasteiger partial charge in [0, 0.05) is 39.1 Å². The first kappa shape index (κ1) is 13.4. The van der Waals surface area contributed by atoms with Crippen LogP contribution in [-0.4, -0.2) is 63.7 Å². The van der Waals surface area contributed by atoms with E-state index in [0.717, 1.165) is 31.6 Å². The molecule has 0 amide bonds. The lowest BCUT2D eigenvalue weighted by molar-refractivity contribution is 0.0828. The van der Waals surface area contributed by atoms with E-state index in [1.807, 2.05) is 6.92 Å². The van der Waals surface area contributed by atoms with E-state index in [4.69, 9.17) is 4.42 Å². The fourth-order valence-corrected chi connectivity index (χ4v) is 4.01. The van der Waals surface area contributed by atoms with Crippen molar-refractivity contribution in [1.82, 2.24) is 20.0 Å². The molecule has 0 bridgehead atoms. The van der Waals surface area contributed by atoms with Crippen molar-refractivity contribution in [3.8, 4) is 0 Å². The molecule has 0 radical (unpaired) electrons. The van der Waals surface area contributed by atoms with E-state index in [0.29, 0.717) is 5.89 Å². The second-order valence-electron chi connectivity index (χ2n) is 5.37. The van der Waals surface area contributed by atoms with Crippen molar-refractivity contribution >= 4 is 11.8 Å².